The number of rotatable bonds is 3. The van der Waals surface area contributed by atoms with Crippen LogP contribution in [0.25, 0.3) is 16.7 Å². The number of fused-ring (bicyclic) bond motifs is 3. The van der Waals surface area contributed by atoms with E-state index in [4.69, 9.17) is 0 Å². The summed E-state index contributed by atoms with van der Waals surface area (Å²) in [5.74, 6) is 0.935. The maximum Gasteiger partial charge on any atom is 0.276 e. The number of hydrogen-bond acceptors (Lipinski definition) is 3. The highest BCUT2D eigenvalue weighted by molar-refractivity contribution is 5.80. The van der Waals surface area contributed by atoms with E-state index >= 15 is 0 Å². The van der Waals surface area contributed by atoms with Gasteiger partial charge in [-0.05, 0) is 42.5 Å². The Hall–Kier alpha value is -2.63. The van der Waals surface area contributed by atoms with Crippen molar-refractivity contribution in [2.75, 3.05) is 0 Å². The van der Waals surface area contributed by atoms with E-state index in [1.54, 1.807) is 12.3 Å². The molecular weight excluding hydrogens is 328 g/mol. The normalized spacial score (nSPS) is 23.4. The standard InChI is InChI=1S/C20H24N4O2/c1-13-6-3-7-15(14(13)2)22-18(25)12-24-19-16(8-4-10-21-19)23-11-5-9-17(23)20(24)26/h4-5,8-11,13-15H,3,6-7,12H2,1-2H3,(H,22,25)/t13-,14+,15+/m1/s1. The summed E-state index contributed by atoms with van der Waals surface area (Å²) in [6.07, 6.45) is 6.85. The van der Waals surface area contributed by atoms with E-state index < -0.39 is 0 Å². The average Bonchev–Trinajstić information content (AvgIpc) is 3.13. The monoisotopic (exact) mass is 352 g/mol. The van der Waals surface area contributed by atoms with E-state index in [1.165, 1.54) is 11.0 Å². The Morgan fingerprint density at radius 2 is 2.04 bits per heavy atom. The molecule has 1 N–H and O–H groups in total. The van der Waals surface area contributed by atoms with Gasteiger partial charge in [0.1, 0.15) is 12.1 Å². The molecule has 1 saturated carbocycles. The quantitative estimate of drug-likeness (QED) is 0.788. The van der Waals surface area contributed by atoms with Crippen LogP contribution >= 0.6 is 0 Å². The van der Waals surface area contributed by atoms with Crippen LogP contribution < -0.4 is 10.9 Å². The van der Waals surface area contributed by atoms with Crippen LogP contribution in [-0.4, -0.2) is 25.9 Å². The molecule has 6 heteroatoms. The molecule has 0 bridgehead atoms. The van der Waals surface area contributed by atoms with Gasteiger partial charge in [0.2, 0.25) is 5.91 Å². The zero-order valence-corrected chi connectivity index (χ0v) is 15.2. The van der Waals surface area contributed by atoms with E-state index in [0.717, 1.165) is 18.4 Å². The van der Waals surface area contributed by atoms with Crippen LogP contribution in [0.1, 0.15) is 33.1 Å². The smallest absolute Gasteiger partial charge is 0.276 e. The summed E-state index contributed by atoms with van der Waals surface area (Å²) < 4.78 is 3.31. The van der Waals surface area contributed by atoms with Gasteiger partial charge in [0.25, 0.3) is 5.56 Å². The summed E-state index contributed by atoms with van der Waals surface area (Å²) in [4.78, 5) is 29.9. The average molecular weight is 352 g/mol. The van der Waals surface area contributed by atoms with E-state index in [0.29, 0.717) is 23.0 Å². The summed E-state index contributed by atoms with van der Waals surface area (Å²) in [6, 6.07) is 7.53. The molecule has 1 aliphatic rings. The predicted octanol–water partition coefficient (Wildman–Crippen LogP) is 2.59. The molecule has 0 aliphatic heterocycles. The number of hydrogen-bond donors (Lipinski definition) is 1. The maximum absolute atomic E-state index is 12.9. The third kappa shape index (κ3) is 2.79. The molecule has 3 aromatic rings. The topological polar surface area (TPSA) is 68.4 Å². The zero-order chi connectivity index (χ0) is 18.3. The minimum absolute atomic E-state index is 0.00831. The van der Waals surface area contributed by atoms with Crippen molar-refractivity contribution < 1.29 is 4.79 Å². The van der Waals surface area contributed by atoms with Crippen molar-refractivity contribution in [1.29, 1.82) is 0 Å². The molecule has 0 aromatic carbocycles. The summed E-state index contributed by atoms with van der Waals surface area (Å²) in [7, 11) is 0. The van der Waals surface area contributed by atoms with Gasteiger partial charge in [0, 0.05) is 18.4 Å². The largest absolute Gasteiger partial charge is 0.352 e. The molecule has 3 aromatic heterocycles. The van der Waals surface area contributed by atoms with Gasteiger partial charge in [-0.15, -0.1) is 0 Å². The lowest BCUT2D eigenvalue weighted by Crippen LogP contribution is -2.45. The summed E-state index contributed by atoms with van der Waals surface area (Å²) >= 11 is 0. The zero-order valence-electron chi connectivity index (χ0n) is 15.2. The Labute approximate surface area is 151 Å². The van der Waals surface area contributed by atoms with Gasteiger partial charge in [-0.2, -0.15) is 0 Å². The van der Waals surface area contributed by atoms with Crippen LogP contribution in [-0.2, 0) is 11.3 Å². The van der Waals surface area contributed by atoms with Gasteiger partial charge in [0.15, 0.2) is 5.65 Å². The van der Waals surface area contributed by atoms with Gasteiger partial charge < -0.3 is 9.72 Å². The molecule has 1 amide bonds. The van der Waals surface area contributed by atoms with Crippen LogP contribution in [0.15, 0.2) is 41.5 Å². The number of carbonyl (C=O) groups excluding carboxylic acids is 1. The van der Waals surface area contributed by atoms with E-state index in [1.807, 2.05) is 28.8 Å². The molecule has 1 aliphatic carbocycles. The molecule has 3 atom stereocenters. The predicted molar refractivity (Wildman–Crippen MR) is 101 cm³/mol. The molecule has 0 saturated heterocycles. The van der Waals surface area contributed by atoms with E-state index in [2.05, 4.69) is 24.1 Å². The first-order chi connectivity index (χ1) is 12.6. The van der Waals surface area contributed by atoms with Gasteiger partial charge in [-0.3, -0.25) is 14.2 Å². The molecular formula is C20H24N4O2. The lowest BCUT2D eigenvalue weighted by atomic mass is 9.78. The highest BCUT2D eigenvalue weighted by Gasteiger charge is 2.28. The summed E-state index contributed by atoms with van der Waals surface area (Å²) in [6.45, 7) is 4.43. The van der Waals surface area contributed by atoms with Gasteiger partial charge in [-0.1, -0.05) is 26.7 Å². The first-order valence-electron chi connectivity index (χ1n) is 9.30. The van der Waals surface area contributed by atoms with Crippen molar-refractivity contribution in [3.8, 4) is 0 Å². The second-order valence-corrected chi connectivity index (χ2v) is 7.44. The lowest BCUT2D eigenvalue weighted by molar-refractivity contribution is -0.123. The number of carbonyl (C=O) groups is 1. The van der Waals surface area contributed by atoms with Gasteiger partial charge in [0.05, 0.1) is 5.52 Å². The molecule has 6 nitrogen and oxygen atoms in total. The Morgan fingerprint density at radius 1 is 1.23 bits per heavy atom. The second kappa shape index (κ2) is 6.59. The summed E-state index contributed by atoms with van der Waals surface area (Å²) in [5, 5.41) is 3.15. The van der Waals surface area contributed by atoms with E-state index in [-0.39, 0.29) is 24.1 Å². The molecule has 0 radical (unpaired) electrons. The van der Waals surface area contributed by atoms with Crippen molar-refractivity contribution in [1.82, 2.24) is 19.3 Å². The third-order valence-electron chi connectivity index (χ3n) is 5.85. The molecule has 136 valence electrons. The third-order valence-corrected chi connectivity index (χ3v) is 5.85. The molecule has 0 spiro atoms. The fourth-order valence-corrected chi connectivity index (χ4v) is 4.11. The van der Waals surface area contributed by atoms with E-state index in [9.17, 15) is 9.59 Å². The molecule has 3 heterocycles. The fourth-order valence-electron chi connectivity index (χ4n) is 4.11. The number of aromatic nitrogens is 3. The Balaban J connectivity index is 1.67. The van der Waals surface area contributed by atoms with Crippen LogP contribution in [0.5, 0.6) is 0 Å². The van der Waals surface area contributed by atoms with Crippen LogP contribution in [0.3, 0.4) is 0 Å². The first-order valence-corrected chi connectivity index (χ1v) is 9.30. The summed E-state index contributed by atoms with van der Waals surface area (Å²) in [5.41, 5.74) is 1.71. The fraction of sp³-hybridized carbons (Fsp3) is 0.450. The minimum atomic E-state index is -0.193. The van der Waals surface area contributed by atoms with Crippen LogP contribution in [0.4, 0.5) is 0 Å². The Morgan fingerprint density at radius 3 is 2.88 bits per heavy atom. The van der Waals surface area contributed by atoms with Crippen LogP contribution in [0.2, 0.25) is 0 Å². The SMILES string of the molecule is C[C@H]1[C@H](C)CCC[C@@H]1NC(=O)Cn1c(=O)c2cccn2c2cccnc21. The molecule has 4 rings (SSSR count). The molecule has 1 fully saturated rings. The van der Waals surface area contributed by atoms with Crippen molar-refractivity contribution >= 4 is 22.6 Å². The Kier molecular flexibility index (Phi) is 4.26. The van der Waals surface area contributed by atoms with Gasteiger partial charge in [-0.25, -0.2) is 4.98 Å². The number of amides is 1. The van der Waals surface area contributed by atoms with Gasteiger partial charge >= 0.3 is 0 Å². The minimum Gasteiger partial charge on any atom is -0.352 e. The number of nitrogens with zero attached hydrogens (tertiary/aromatic N) is 3. The lowest BCUT2D eigenvalue weighted by Gasteiger charge is -2.34. The number of nitrogens with one attached hydrogen (secondary N) is 1. The highest BCUT2D eigenvalue weighted by atomic mass is 16.2. The van der Waals surface area contributed by atoms with Crippen molar-refractivity contribution in [3.05, 3.63) is 47.0 Å². The Bertz CT molecular complexity index is 1020. The van der Waals surface area contributed by atoms with Crippen molar-refractivity contribution in [2.24, 2.45) is 11.8 Å². The molecule has 26 heavy (non-hydrogen) atoms. The maximum atomic E-state index is 12.9. The van der Waals surface area contributed by atoms with Crippen LogP contribution in [0, 0.1) is 11.8 Å². The first kappa shape index (κ1) is 16.8. The highest BCUT2D eigenvalue weighted by Crippen LogP contribution is 2.29. The second-order valence-electron chi connectivity index (χ2n) is 7.44. The molecule has 0 unspecified atom stereocenters. The van der Waals surface area contributed by atoms with Crippen molar-refractivity contribution in [2.45, 2.75) is 45.7 Å². The van der Waals surface area contributed by atoms with Crippen molar-refractivity contribution in [3.63, 3.8) is 0 Å². The number of pyridine rings is 1.